The number of hydrogen-bond acceptors (Lipinski definition) is 2. The summed E-state index contributed by atoms with van der Waals surface area (Å²) in [6.45, 7) is 0. The second-order valence-electron chi connectivity index (χ2n) is 8.90. The van der Waals surface area contributed by atoms with Crippen LogP contribution in [0, 0.1) is 0 Å². The van der Waals surface area contributed by atoms with E-state index < -0.39 is 0 Å². The molecule has 4 aromatic carbocycles. The first-order chi connectivity index (χ1) is 17.7. The lowest BCUT2D eigenvalue weighted by molar-refractivity contribution is -0.674. The zero-order chi connectivity index (χ0) is 24.5. The summed E-state index contributed by atoms with van der Waals surface area (Å²) in [5.74, 6) is 3.19. The summed E-state index contributed by atoms with van der Waals surface area (Å²) in [6.07, 6.45) is 4.05. The highest BCUT2D eigenvalue weighted by molar-refractivity contribution is 5.86. The molecular weight excluding hydrogens is 444 g/mol. The van der Waals surface area contributed by atoms with Crippen molar-refractivity contribution in [2.45, 2.75) is 0 Å². The molecule has 0 bridgehead atoms. The Hall–Kier alpha value is -4.70. The van der Waals surface area contributed by atoms with Crippen LogP contribution in [0.2, 0.25) is 0 Å². The summed E-state index contributed by atoms with van der Waals surface area (Å²) in [5, 5.41) is 4.44. The Kier molecular flexibility index (Phi) is 5.55. The summed E-state index contributed by atoms with van der Waals surface area (Å²) in [6, 6.07) is 37.1. The summed E-state index contributed by atoms with van der Waals surface area (Å²) in [4.78, 5) is 0. The summed E-state index contributed by atoms with van der Waals surface area (Å²) < 4.78 is 16.8. The second-order valence-corrected chi connectivity index (χ2v) is 8.90. The van der Waals surface area contributed by atoms with E-state index in [1.165, 1.54) is 0 Å². The Morgan fingerprint density at radius 3 is 1.39 bits per heavy atom. The van der Waals surface area contributed by atoms with Crippen LogP contribution < -0.4 is 18.6 Å². The van der Waals surface area contributed by atoms with Gasteiger partial charge in [0, 0.05) is 12.1 Å². The number of aryl methyl sites for hydroxylation is 2. The van der Waals surface area contributed by atoms with Crippen LogP contribution in [0.3, 0.4) is 0 Å². The van der Waals surface area contributed by atoms with Crippen molar-refractivity contribution in [3.05, 3.63) is 122 Å². The van der Waals surface area contributed by atoms with Crippen molar-refractivity contribution >= 4 is 21.5 Å². The third-order valence-corrected chi connectivity index (χ3v) is 6.41. The van der Waals surface area contributed by atoms with Gasteiger partial charge in [0.1, 0.15) is 25.6 Å². The lowest BCUT2D eigenvalue weighted by atomic mass is 10.1. The highest BCUT2D eigenvalue weighted by Crippen LogP contribution is 2.32. The standard InChI is InChI=1S/C32H26N2O2/c1-33-19-17-23-9-3-5-15-29(23)31(33)35-27-13-7-11-25(21-27)26-12-8-14-28(22-26)36-32-30-16-6-4-10-24(30)18-20-34(32)2/h3-22H,1-2H3/q+2. The smallest absolute Gasteiger partial charge is 0.381 e. The molecule has 2 heterocycles. The third-order valence-electron chi connectivity index (χ3n) is 6.41. The van der Waals surface area contributed by atoms with E-state index in [1.54, 1.807) is 0 Å². The van der Waals surface area contributed by atoms with Gasteiger partial charge in [0.25, 0.3) is 0 Å². The average Bonchev–Trinajstić information content (AvgIpc) is 2.92. The molecule has 2 aromatic heterocycles. The van der Waals surface area contributed by atoms with Crippen LogP contribution in [0.1, 0.15) is 0 Å². The molecule has 4 heteroatoms. The molecule has 0 spiro atoms. The minimum absolute atomic E-state index is 0.784. The Labute approximate surface area is 210 Å². The molecule has 4 nitrogen and oxygen atoms in total. The quantitative estimate of drug-likeness (QED) is 0.256. The number of fused-ring (bicyclic) bond motifs is 2. The predicted octanol–water partition coefficient (Wildman–Crippen LogP) is 6.89. The Morgan fingerprint density at radius 1 is 0.472 bits per heavy atom. The fraction of sp³-hybridized carbons (Fsp3) is 0.0625. The number of hydrogen-bond donors (Lipinski definition) is 0. The van der Waals surface area contributed by atoms with E-state index in [0.717, 1.165) is 55.9 Å². The molecule has 174 valence electrons. The van der Waals surface area contributed by atoms with Crippen molar-refractivity contribution < 1.29 is 18.6 Å². The van der Waals surface area contributed by atoms with Gasteiger partial charge in [0.2, 0.25) is 0 Å². The van der Waals surface area contributed by atoms with Gasteiger partial charge in [-0.15, -0.1) is 0 Å². The highest BCUT2D eigenvalue weighted by Gasteiger charge is 2.17. The molecule has 0 saturated carbocycles. The minimum atomic E-state index is 0.784. The largest absolute Gasteiger partial charge is 0.405 e. The van der Waals surface area contributed by atoms with E-state index in [0.29, 0.717) is 0 Å². The second kappa shape index (κ2) is 9.16. The van der Waals surface area contributed by atoms with E-state index >= 15 is 0 Å². The molecule has 0 aliphatic heterocycles. The van der Waals surface area contributed by atoms with Crippen LogP contribution in [0.4, 0.5) is 0 Å². The molecule has 0 unspecified atom stereocenters. The number of pyridine rings is 2. The predicted molar refractivity (Wildman–Crippen MR) is 142 cm³/mol. The maximum Gasteiger partial charge on any atom is 0.381 e. The molecule has 0 atom stereocenters. The van der Waals surface area contributed by atoms with Crippen LogP contribution >= 0.6 is 0 Å². The van der Waals surface area contributed by atoms with Crippen molar-refractivity contribution in [2.24, 2.45) is 14.1 Å². The van der Waals surface area contributed by atoms with Crippen LogP contribution in [-0.4, -0.2) is 0 Å². The summed E-state index contributed by atoms with van der Waals surface area (Å²) in [5.41, 5.74) is 2.12. The van der Waals surface area contributed by atoms with E-state index in [4.69, 9.17) is 9.47 Å². The SMILES string of the molecule is C[n+]1ccc2ccccc2c1Oc1cccc(-c2cccc(Oc3c4ccccc4cc[n+]3C)c2)c1. The normalized spacial score (nSPS) is 11.1. The molecule has 0 radical (unpaired) electrons. The zero-order valence-electron chi connectivity index (χ0n) is 20.3. The van der Waals surface area contributed by atoms with E-state index in [9.17, 15) is 0 Å². The number of benzene rings is 4. The molecule has 36 heavy (non-hydrogen) atoms. The molecule has 0 aliphatic carbocycles. The van der Waals surface area contributed by atoms with Gasteiger partial charge in [0.05, 0.1) is 10.8 Å². The minimum Gasteiger partial charge on any atom is -0.405 e. The summed E-state index contributed by atoms with van der Waals surface area (Å²) >= 11 is 0. The van der Waals surface area contributed by atoms with Crippen molar-refractivity contribution in [3.8, 4) is 34.4 Å². The first-order valence-corrected chi connectivity index (χ1v) is 12.0. The number of ether oxygens (including phenoxy) is 2. The molecule has 0 N–H and O–H groups in total. The number of rotatable bonds is 5. The van der Waals surface area contributed by atoms with Crippen molar-refractivity contribution in [1.82, 2.24) is 0 Å². The van der Waals surface area contributed by atoms with Crippen LogP contribution in [0.25, 0.3) is 32.7 Å². The molecular formula is C32H26N2O2+2. The van der Waals surface area contributed by atoms with E-state index in [1.807, 2.05) is 84.2 Å². The lowest BCUT2D eigenvalue weighted by Gasteiger charge is -2.10. The topological polar surface area (TPSA) is 26.2 Å². The van der Waals surface area contributed by atoms with Gasteiger partial charge >= 0.3 is 11.8 Å². The molecule has 0 fully saturated rings. The van der Waals surface area contributed by atoms with Gasteiger partial charge in [0.15, 0.2) is 12.4 Å². The van der Waals surface area contributed by atoms with Crippen molar-refractivity contribution in [2.75, 3.05) is 0 Å². The van der Waals surface area contributed by atoms with E-state index in [2.05, 4.69) is 60.7 Å². The van der Waals surface area contributed by atoms with Gasteiger partial charge in [-0.3, -0.25) is 0 Å². The lowest BCUT2D eigenvalue weighted by Crippen LogP contribution is -2.29. The van der Waals surface area contributed by atoms with Crippen LogP contribution in [-0.2, 0) is 14.1 Å². The van der Waals surface area contributed by atoms with Crippen molar-refractivity contribution in [3.63, 3.8) is 0 Å². The molecule has 0 aliphatic rings. The molecule has 6 rings (SSSR count). The third kappa shape index (κ3) is 4.14. The van der Waals surface area contributed by atoms with Gasteiger partial charge in [-0.05, 0) is 58.3 Å². The first kappa shape index (κ1) is 21.8. The monoisotopic (exact) mass is 470 g/mol. The van der Waals surface area contributed by atoms with Crippen LogP contribution in [0.15, 0.2) is 122 Å². The fourth-order valence-electron chi connectivity index (χ4n) is 4.53. The highest BCUT2D eigenvalue weighted by atomic mass is 16.5. The Balaban J connectivity index is 1.33. The molecule has 0 amide bonds. The van der Waals surface area contributed by atoms with Crippen LogP contribution in [0.5, 0.6) is 23.3 Å². The zero-order valence-corrected chi connectivity index (χ0v) is 20.3. The molecule has 6 aromatic rings. The van der Waals surface area contributed by atoms with Gasteiger partial charge in [-0.1, -0.05) is 60.7 Å². The number of aromatic nitrogens is 2. The van der Waals surface area contributed by atoms with E-state index in [-0.39, 0.29) is 0 Å². The maximum atomic E-state index is 6.40. The van der Waals surface area contributed by atoms with Gasteiger partial charge < -0.3 is 9.47 Å². The Morgan fingerprint density at radius 2 is 0.917 bits per heavy atom. The number of nitrogens with zero attached hydrogens (tertiary/aromatic N) is 2. The van der Waals surface area contributed by atoms with Gasteiger partial charge in [-0.2, -0.15) is 9.13 Å². The Bertz CT molecular complexity index is 1600. The summed E-state index contributed by atoms with van der Waals surface area (Å²) in [7, 11) is 4.00. The fourth-order valence-corrected chi connectivity index (χ4v) is 4.53. The maximum absolute atomic E-state index is 6.40. The molecule has 0 saturated heterocycles. The van der Waals surface area contributed by atoms with Crippen molar-refractivity contribution in [1.29, 1.82) is 0 Å². The first-order valence-electron chi connectivity index (χ1n) is 12.0. The van der Waals surface area contributed by atoms with Gasteiger partial charge in [-0.25, -0.2) is 0 Å². The average molecular weight is 471 g/mol.